The number of amides is 1. The van der Waals surface area contributed by atoms with Crippen molar-refractivity contribution in [2.24, 2.45) is 0 Å². The Kier molecular flexibility index (Phi) is 6.84. The third-order valence-corrected chi connectivity index (χ3v) is 5.00. The summed E-state index contributed by atoms with van der Waals surface area (Å²) in [5.41, 5.74) is 0.942. The minimum absolute atomic E-state index is 0.164. The Morgan fingerprint density at radius 3 is 2.64 bits per heavy atom. The van der Waals surface area contributed by atoms with Gasteiger partial charge in [-0.1, -0.05) is 0 Å². The summed E-state index contributed by atoms with van der Waals surface area (Å²) in [6.45, 7) is 9.23. The van der Waals surface area contributed by atoms with Gasteiger partial charge < -0.3 is 14.4 Å². The standard InChI is InChI=1S/C18H30N4O3/c1-16-3-8-21(19-16)15-18(23)22(17-4-11-24-12-5-17)7-2-6-20-9-13-25-14-10-20/h3,8,17H,2,4-7,9-15H2,1H3. The van der Waals surface area contributed by atoms with Crippen molar-refractivity contribution in [2.45, 2.75) is 38.8 Å². The molecule has 0 unspecified atom stereocenters. The van der Waals surface area contributed by atoms with Crippen molar-refractivity contribution < 1.29 is 14.3 Å². The van der Waals surface area contributed by atoms with Gasteiger partial charge in [-0.15, -0.1) is 0 Å². The molecule has 1 aromatic heterocycles. The third-order valence-electron chi connectivity index (χ3n) is 5.00. The zero-order valence-electron chi connectivity index (χ0n) is 15.2. The van der Waals surface area contributed by atoms with E-state index in [1.165, 1.54) is 0 Å². The van der Waals surface area contributed by atoms with Gasteiger partial charge in [0.15, 0.2) is 0 Å². The van der Waals surface area contributed by atoms with Crippen molar-refractivity contribution >= 4 is 5.91 Å². The first-order valence-electron chi connectivity index (χ1n) is 9.40. The highest BCUT2D eigenvalue weighted by Gasteiger charge is 2.26. The average Bonchev–Trinajstić information content (AvgIpc) is 3.05. The van der Waals surface area contributed by atoms with E-state index in [0.717, 1.165) is 77.6 Å². The summed E-state index contributed by atoms with van der Waals surface area (Å²) < 4.78 is 12.6. The fourth-order valence-corrected chi connectivity index (χ4v) is 3.58. The number of carbonyl (C=O) groups is 1. The van der Waals surface area contributed by atoms with E-state index in [1.54, 1.807) is 4.68 Å². The Balaban J connectivity index is 1.54. The lowest BCUT2D eigenvalue weighted by atomic mass is 10.1. The molecule has 2 fully saturated rings. The summed E-state index contributed by atoms with van der Waals surface area (Å²) in [5, 5.41) is 4.35. The molecule has 2 aliphatic heterocycles. The van der Waals surface area contributed by atoms with Gasteiger partial charge in [0.25, 0.3) is 0 Å². The smallest absolute Gasteiger partial charge is 0.244 e. The van der Waals surface area contributed by atoms with E-state index in [-0.39, 0.29) is 5.91 Å². The molecule has 3 rings (SSSR count). The quantitative estimate of drug-likeness (QED) is 0.732. The van der Waals surface area contributed by atoms with E-state index in [9.17, 15) is 4.79 Å². The molecule has 2 aliphatic rings. The van der Waals surface area contributed by atoms with E-state index in [1.807, 2.05) is 19.2 Å². The molecule has 25 heavy (non-hydrogen) atoms. The highest BCUT2D eigenvalue weighted by molar-refractivity contribution is 5.76. The minimum Gasteiger partial charge on any atom is -0.381 e. The Bertz CT molecular complexity index is 536. The molecule has 0 aromatic carbocycles. The van der Waals surface area contributed by atoms with Crippen LogP contribution >= 0.6 is 0 Å². The van der Waals surface area contributed by atoms with E-state index in [2.05, 4.69) is 14.9 Å². The molecule has 0 bridgehead atoms. The largest absolute Gasteiger partial charge is 0.381 e. The predicted octanol–water partition coefficient (Wildman–Crippen LogP) is 0.921. The SMILES string of the molecule is Cc1ccn(CC(=O)N(CCCN2CCOCC2)C2CCOCC2)n1. The second-order valence-electron chi connectivity index (χ2n) is 6.89. The molecule has 0 atom stereocenters. The molecule has 7 heteroatoms. The number of hydrogen-bond donors (Lipinski definition) is 0. The number of aryl methyl sites for hydroxylation is 1. The molecule has 0 spiro atoms. The average molecular weight is 350 g/mol. The number of nitrogens with zero attached hydrogens (tertiary/aromatic N) is 4. The van der Waals surface area contributed by atoms with Crippen molar-refractivity contribution in [3.05, 3.63) is 18.0 Å². The van der Waals surface area contributed by atoms with Crippen molar-refractivity contribution in [3.8, 4) is 0 Å². The van der Waals surface area contributed by atoms with Crippen LogP contribution in [0.4, 0.5) is 0 Å². The first-order chi connectivity index (χ1) is 12.2. The summed E-state index contributed by atoms with van der Waals surface area (Å²) in [4.78, 5) is 17.4. The summed E-state index contributed by atoms with van der Waals surface area (Å²) in [7, 11) is 0. The van der Waals surface area contributed by atoms with Gasteiger partial charge in [0.05, 0.1) is 18.9 Å². The van der Waals surface area contributed by atoms with Crippen LogP contribution < -0.4 is 0 Å². The Morgan fingerprint density at radius 2 is 1.96 bits per heavy atom. The lowest BCUT2D eigenvalue weighted by Crippen LogP contribution is -2.46. The van der Waals surface area contributed by atoms with Gasteiger partial charge in [-0.25, -0.2) is 0 Å². The number of aromatic nitrogens is 2. The Morgan fingerprint density at radius 1 is 1.24 bits per heavy atom. The minimum atomic E-state index is 0.164. The molecule has 0 saturated carbocycles. The summed E-state index contributed by atoms with van der Waals surface area (Å²) in [5.74, 6) is 0.164. The maximum atomic E-state index is 12.9. The monoisotopic (exact) mass is 350 g/mol. The molecule has 1 aromatic rings. The number of rotatable bonds is 7. The van der Waals surface area contributed by atoms with Crippen LogP contribution in [0.3, 0.4) is 0 Å². The van der Waals surface area contributed by atoms with E-state index in [4.69, 9.17) is 9.47 Å². The maximum Gasteiger partial charge on any atom is 0.244 e. The van der Waals surface area contributed by atoms with Crippen molar-refractivity contribution in [1.82, 2.24) is 19.6 Å². The summed E-state index contributed by atoms with van der Waals surface area (Å²) in [6, 6.07) is 2.23. The van der Waals surface area contributed by atoms with E-state index < -0.39 is 0 Å². The number of ether oxygens (including phenoxy) is 2. The van der Waals surface area contributed by atoms with Gasteiger partial charge in [0.1, 0.15) is 6.54 Å². The molecule has 2 saturated heterocycles. The summed E-state index contributed by atoms with van der Waals surface area (Å²) >= 11 is 0. The van der Waals surface area contributed by atoms with E-state index >= 15 is 0 Å². The van der Waals surface area contributed by atoms with Gasteiger partial charge in [-0.05, 0) is 32.3 Å². The number of hydrogen-bond acceptors (Lipinski definition) is 5. The normalized spacial score (nSPS) is 19.9. The molecule has 0 radical (unpaired) electrons. The van der Waals surface area contributed by atoms with Gasteiger partial charge in [0.2, 0.25) is 5.91 Å². The zero-order chi connectivity index (χ0) is 17.5. The van der Waals surface area contributed by atoms with Gasteiger partial charge in [0, 0.05) is 51.6 Å². The van der Waals surface area contributed by atoms with Crippen LogP contribution in [0.25, 0.3) is 0 Å². The molecule has 140 valence electrons. The molecule has 0 aliphatic carbocycles. The third kappa shape index (κ3) is 5.52. The molecule has 3 heterocycles. The second kappa shape index (κ2) is 9.31. The van der Waals surface area contributed by atoms with Gasteiger partial charge in [-0.2, -0.15) is 5.10 Å². The maximum absolute atomic E-state index is 12.9. The van der Waals surface area contributed by atoms with Crippen molar-refractivity contribution in [1.29, 1.82) is 0 Å². The Labute approximate surface area is 149 Å². The van der Waals surface area contributed by atoms with Crippen LogP contribution in [0.1, 0.15) is 25.0 Å². The van der Waals surface area contributed by atoms with E-state index in [0.29, 0.717) is 12.6 Å². The topological polar surface area (TPSA) is 59.8 Å². The van der Waals surface area contributed by atoms with Crippen LogP contribution in [0.5, 0.6) is 0 Å². The zero-order valence-corrected chi connectivity index (χ0v) is 15.2. The van der Waals surface area contributed by atoms with Gasteiger partial charge >= 0.3 is 0 Å². The number of carbonyl (C=O) groups excluding carboxylic acids is 1. The highest BCUT2D eigenvalue weighted by atomic mass is 16.5. The molecular formula is C18H30N4O3. The lowest BCUT2D eigenvalue weighted by Gasteiger charge is -2.35. The van der Waals surface area contributed by atoms with Crippen LogP contribution in [-0.2, 0) is 20.8 Å². The van der Waals surface area contributed by atoms with Crippen LogP contribution in [0.2, 0.25) is 0 Å². The fourth-order valence-electron chi connectivity index (χ4n) is 3.58. The number of morpholine rings is 1. The second-order valence-corrected chi connectivity index (χ2v) is 6.89. The van der Waals surface area contributed by atoms with Crippen molar-refractivity contribution in [3.63, 3.8) is 0 Å². The van der Waals surface area contributed by atoms with Crippen LogP contribution in [0.15, 0.2) is 12.3 Å². The first kappa shape index (κ1) is 18.4. The van der Waals surface area contributed by atoms with Gasteiger partial charge in [-0.3, -0.25) is 14.4 Å². The molecular weight excluding hydrogens is 320 g/mol. The molecule has 1 amide bonds. The first-order valence-corrected chi connectivity index (χ1v) is 9.40. The lowest BCUT2D eigenvalue weighted by molar-refractivity contribution is -0.136. The highest BCUT2D eigenvalue weighted by Crippen LogP contribution is 2.16. The summed E-state index contributed by atoms with van der Waals surface area (Å²) in [6.07, 6.45) is 4.74. The molecule has 0 N–H and O–H groups in total. The molecule has 7 nitrogen and oxygen atoms in total. The van der Waals surface area contributed by atoms with Crippen LogP contribution in [0, 0.1) is 6.92 Å². The van der Waals surface area contributed by atoms with Crippen molar-refractivity contribution in [2.75, 3.05) is 52.6 Å². The fraction of sp³-hybridized carbons (Fsp3) is 0.778. The predicted molar refractivity (Wildman–Crippen MR) is 94.4 cm³/mol. The van der Waals surface area contributed by atoms with Crippen LogP contribution in [-0.4, -0.2) is 84.1 Å². The Hall–Kier alpha value is -1.44.